The lowest BCUT2D eigenvalue weighted by molar-refractivity contribution is 0.0985. The van der Waals surface area contributed by atoms with Crippen molar-refractivity contribution in [2.75, 3.05) is 24.3 Å². The second-order valence-electron chi connectivity index (χ2n) is 8.90. The number of rotatable bonds is 10. The van der Waals surface area contributed by atoms with Gasteiger partial charge in [0, 0.05) is 65.7 Å². The normalized spacial score (nSPS) is 10.3. The summed E-state index contributed by atoms with van der Waals surface area (Å²) in [4.78, 5) is 29.9. The Morgan fingerprint density at radius 2 is 1.14 bits per heavy atom. The van der Waals surface area contributed by atoms with E-state index in [2.05, 4.69) is 15.3 Å². The van der Waals surface area contributed by atoms with Crippen molar-refractivity contribution in [3.05, 3.63) is 130 Å². The first-order chi connectivity index (χ1) is 17.9. The van der Waals surface area contributed by atoms with Crippen molar-refractivity contribution in [3.63, 3.8) is 0 Å². The highest BCUT2D eigenvalue weighted by atomic mass is 16.1. The van der Waals surface area contributed by atoms with Crippen LogP contribution in [0, 0.1) is 0 Å². The lowest BCUT2D eigenvalue weighted by Crippen LogP contribution is -2.09. The van der Waals surface area contributed by atoms with E-state index in [4.69, 9.17) is 5.53 Å². The molecule has 0 bridgehead atoms. The van der Waals surface area contributed by atoms with Crippen LogP contribution in [0.15, 0.2) is 102 Å². The molecule has 184 valence electrons. The molecular weight excluding hydrogens is 462 g/mol. The van der Waals surface area contributed by atoms with Gasteiger partial charge in [-0.1, -0.05) is 53.6 Å². The van der Waals surface area contributed by atoms with Crippen molar-refractivity contribution in [2.24, 2.45) is 5.11 Å². The van der Waals surface area contributed by atoms with E-state index in [1.165, 1.54) is 0 Å². The Bertz CT molecular complexity index is 1420. The van der Waals surface area contributed by atoms with Gasteiger partial charge >= 0.3 is 0 Å². The number of nitrogens with zero attached hydrogens (tertiary/aromatic N) is 4. The summed E-state index contributed by atoms with van der Waals surface area (Å²) in [5.74, 6) is 0.0785. The van der Waals surface area contributed by atoms with Crippen LogP contribution in [0.4, 0.5) is 22.7 Å². The monoisotopic (exact) mass is 489 g/mol. The van der Waals surface area contributed by atoms with Crippen molar-refractivity contribution in [3.8, 4) is 0 Å². The van der Waals surface area contributed by atoms with Crippen LogP contribution >= 0.6 is 0 Å². The van der Waals surface area contributed by atoms with E-state index in [0.717, 1.165) is 28.2 Å². The Balaban J connectivity index is 1.31. The molecule has 0 aliphatic rings. The molecule has 7 nitrogen and oxygen atoms in total. The maximum atomic E-state index is 12.6. The molecule has 0 spiro atoms. The number of carbonyl (C=O) groups excluding carboxylic acids is 2. The number of Topliss-reactive ketones (excluding diaryl/α,β-unsaturated/α-hetero) is 2. The highest BCUT2D eigenvalue weighted by Gasteiger charge is 2.09. The molecule has 4 rings (SSSR count). The molecule has 37 heavy (non-hydrogen) atoms. The Labute approximate surface area is 216 Å². The van der Waals surface area contributed by atoms with E-state index < -0.39 is 0 Å². The zero-order valence-electron chi connectivity index (χ0n) is 20.8. The maximum absolute atomic E-state index is 12.6. The average Bonchev–Trinajstić information content (AvgIpc) is 2.91. The molecule has 4 aromatic rings. The van der Waals surface area contributed by atoms with Crippen molar-refractivity contribution < 1.29 is 9.59 Å². The third-order valence-electron chi connectivity index (χ3n) is 5.98. The topological polar surface area (TPSA) is 98.2 Å². The van der Waals surface area contributed by atoms with Crippen LogP contribution in [-0.2, 0) is 12.8 Å². The van der Waals surface area contributed by atoms with Crippen LogP contribution in [-0.4, -0.2) is 25.7 Å². The van der Waals surface area contributed by atoms with Crippen LogP contribution in [0.5, 0.6) is 0 Å². The molecule has 0 aliphatic heterocycles. The minimum atomic E-state index is -0.00743. The zero-order chi connectivity index (χ0) is 26.2. The summed E-state index contributed by atoms with van der Waals surface area (Å²) in [6, 6.07) is 29.7. The molecule has 0 aliphatic carbocycles. The molecule has 0 amide bonds. The molecule has 0 heterocycles. The second kappa shape index (κ2) is 11.7. The average molecular weight is 490 g/mol. The van der Waals surface area contributed by atoms with Gasteiger partial charge in [-0.25, -0.2) is 0 Å². The summed E-state index contributed by atoms with van der Waals surface area (Å²) in [6.07, 6.45) is 0.625. The first kappa shape index (κ1) is 25.2. The molecular formula is C30H27N5O2. The van der Waals surface area contributed by atoms with E-state index in [9.17, 15) is 9.59 Å². The molecule has 0 fully saturated rings. The fourth-order valence-corrected chi connectivity index (χ4v) is 3.86. The number of ketones is 2. The van der Waals surface area contributed by atoms with Gasteiger partial charge in [0.15, 0.2) is 11.6 Å². The summed E-state index contributed by atoms with van der Waals surface area (Å²) in [6.45, 7) is 0. The minimum Gasteiger partial charge on any atom is -0.378 e. The molecule has 1 N–H and O–H groups in total. The molecule has 0 atom stereocenters. The number of nitrogens with one attached hydrogen (secondary N) is 1. The zero-order valence-corrected chi connectivity index (χ0v) is 20.8. The van der Waals surface area contributed by atoms with Crippen molar-refractivity contribution in [1.29, 1.82) is 0 Å². The Morgan fingerprint density at radius 1 is 0.703 bits per heavy atom. The Morgan fingerprint density at radius 3 is 1.54 bits per heavy atom. The van der Waals surface area contributed by atoms with E-state index in [-0.39, 0.29) is 18.0 Å². The number of hydrogen-bond acceptors (Lipinski definition) is 5. The third-order valence-corrected chi connectivity index (χ3v) is 5.98. The summed E-state index contributed by atoms with van der Waals surface area (Å²) < 4.78 is 0. The number of azide groups is 1. The van der Waals surface area contributed by atoms with Gasteiger partial charge in [-0.15, -0.1) is 0 Å². The Kier molecular flexibility index (Phi) is 7.98. The fourth-order valence-electron chi connectivity index (χ4n) is 3.86. The largest absolute Gasteiger partial charge is 0.378 e. The van der Waals surface area contributed by atoms with Gasteiger partial charge in [-0.3, -0.25) is 9.59 Å². The van der Waals surface area contributed by atoms with E-state index >= 15 is 0 Å². The van der Waals surface area contributed by atoms with E-state index in [1.807, 2.05) is 91.8 Å². The quantitative estimate of drug-likeness (QED) is 0.109. The van der Waals surface area contributed by atoms with Crippen LogP contribution in [0.2, 0.25) is 0 Å². The molecule has 0 saturated heterocycles. The molecule has 0 unspecified atom stereocenters. The van der Waals surface area contributed by atoms with Gasteiger partial charge in [0.2, 0.25) is 0 Å². The standard InChI is InChI=1S/C30H27N5O2/c1-35(2)28-17-9-24(10-18-28)30(37)20-22-5-13-26(14-6-22)32-25-11-3-21(4-12-25)19-29(36)23-7-15-27(16-8-23)33-34-31/h3-18,32H,19-20H2,1-2H3. The van der Waals surface area contributed by atoms with Crippen molar-refractivity contribution in [2.45, 2.75) is 12.8 Å². The van der Waals surface area contributed by atoms with Gasteiger partial charge in [0.05, 0.1) is 0 Å². The predicted molar refractivity (Wildman–Crippen MR) is 148 cm³/mol. The minimum absolute atomic E-state index is 0.00743. The van der Waals surface area contributed by atoms with Gasteiger partial charge in [-0.05, 0) is 65.2 Å². The summed E-state index contributed by atoms with van der Waals surface area (Å²) in [5, 5.41) is 6.87. The van der Waals surface area contributed by atoms with E-state index in [0.29, 0.717) is 23.2 Å². The second-order valence-corrected chi connectivity index (χ2v) is 8.90. The fraction of sp³-hybridized carbons (Fsp3) is 0.133. The van der Waals surface area contributed by atoms with Crippen LogP contribution in [0.1, 0.15) is 31.8 Å². The number of hydrogen-bond donors (Lipinski definition) is 1. The summed E-state index contributed by atoms with van der Waals surface area (Å²) >= 11 is 0. The predicted octanol–water partition coefficient (Wildman–Crippen LogP) is 7.29. The lowest BCUT2D eigenvalue weighted by atomic mass is 10.0. The van der Waals surface area contributed by atoms with Gasteiger partial charge in [0.25, 0.3) is 0 Å². The summed E-state index contributed by atoms with van der Waals surface area (Å²) in [5.41, 5.74) is 15.0. The van der Waals surface area contributed by atoms with Crippen LogP contribution < -0.4 is 10.2 Å². The number of carbonyl (C=O) groups is 2. The van der Waals surface area contributed by atoms with E-state index in [1.54, 1.807) is 24.3 Å². The van der Waals surface area contributed by atoms with Gasteiger partial charge in [0.1, 0.15) is 0 Å². The van der Waals surface area contributed by atoms with Crippen molar-refractivity contribution in [1.82, 2.24) is 0 Å². The Hall–Kier alpha value is -4.87. The van der Waals surface area contributed by atoms with Crippen molar-refractivity contribution >= 4 is 34.3 Å². The molecule has 0 saturated carbocycles. The van der Waals surface area contributed by atoms with Crippen LogP contribution in [0.25, 0.3) is 10.4 Å². The highest BCUT2D eigenvalue weighted by molar-refractivity contribution is 5.98. The molecule has 0 aromatic heterocycles. The summed E-state index contributed by atoms with van der Waals surface area (Å²) in [7, 11) is 3.94. The van der Waals surface area contributed by atoms with Crippen LogP contribution in [0.3, 0.4) is 0 Å². The first-order valence-electron chi connectivity index (χ1n) is 11.8. The molecule has 4 aromatic carbocycles. The highest BCUT2D eigenvalue weighted by Crippen LogP contribution is 2.21. The first-order valence-corrected chi connectivity index (χ1v) is 11.8. The number of anilines is 3. The number of benzene rings is 4. The van der Waals surface area contributed by atoms with Gasteiger partial charge < -0.3 is 10.2 Å². The SMILES string of the molecule is CN(C)c1ccc(C(=O)Cc2ccc(Nc3ccc(CC(=O)c4ccc(N=[N+]=[N-])cc4)cc3)cc2)cc1. The molecule has 7 heteroatoms. The third kappa shape index (κ3) is 6.84. The maximum Gasteiger partial charge on any atom is 0.167 e. The molecule has 0 radical (unpaired) electrons. The smallest absolute Gasteiger partial charge is 0.167 e. The lowest BCUT2D eigenvalue weighted by Gasteiger charge is -2.12. The van der Waals surface area contributed by atoms with Gasteiger partial charge in [-0.2, -0.15) is 0 Å².